The van der Waals surface area contributed by atoms with Crippen molar-refractivity contribution in [3.05, 3.63) is 58.1 Å². The van der Waals surface area contributed by atoms with E-state index < -0.39 is 0 Å². The summed E-state index contributed by atoms with van der Waals surface area (Å²) in [6, 6.07) is 5.58. The van der Waals surface area contributed by atoms with Crippen molar-refractivity contribution in [2.75, 3.05) is 6.54 Å². The highest BCUT2D eigenvalue weighted by Gasteiger charge is 2.01. The van der Waals surface area contributed by atoms with Gasteiger partial charge >= 0.3 is 0 Å². The summed E-state index contributed by atoms with van der Waals surface area (Å²) in [5, 5.41) is 4.70. The summed E-state index contributed by atoms with van der Waals surface area (Å²) in [5.74, 6) is 0. The second kappa shape index (κ2) is 6.69. The van der Waals surface area contributed by atoms with Gasteiger partial charge in [-0.3, -0.25) is 0 Å². The molecular weight excluding hydrogens is 269 g/mol. The minimum absolute atomic E-state index is 0.665. The number of halogens is 2. The summed E-state index contributed by atoms with van der Waals surface area (Å²) in [7, 11) is 0. The summed E-state index contributed by atoms with van der Waals surface area (Å²) >= 11 is 11.9. The molecule has 0 aliphatic carbocycles. The summed E-state index contributed by atoms with van der Waals surface area (Å²) in [6.07, 6.45) is 5.99. The highest BCUT2D eigenvalue weighted by molar-refractivity contribution is 6.35. The smallest absolute Gasteiger partial charge is 0.115 e. The molecule has 1 heterocycles. The maximum absolute atomic E-state index is 6.09. The van der Waals surface area contributed by atoms with Gasteiger partial charge in [-0.05, 0) is 30.7 Å². The maximum Gasteiger partial charge on any atom is 0.115 e. The van der Waals surface area contributed by atoms with E-state index in [1.807, 2.05) is 12.1 Å². The molecule has 0 aliphatic heterocycles. The average Bonchev–Trinajstić information content (AvgIpc) is 2.38. The van der Waals surface area contributed by atoms with Crippen LogP contribution in [0.2, 0.25) is 10.0 Å². The zero-order valence-corrected chi connectivity index (χ0v) is 11.2. The molecule has 0 unspecified atom stereocenters. The van der Waals surface area contributed by atoms with Crippen molar-refractivity contribution in [2.45, 2.75) is 13.0 Å². The molecule has 18 heavy (non-hydrogen) atoms. The van der Waals surface area contributed by atoms with Crippen LogP contribution in [0, 0.1) is 0 Å². The molecule has 0 saturated carbocycles. The number of nitrogens with zero attached hydrogens (tertiary/aromatic N) is 2. The first-order valence-corrected chi connectivity index (χ1v) is 6.40. The summed E-state index contributed by atoms with van der Waals surface area (Å²) in [4.78, 5) is 7.92. The molecule has 94 valence electrons. The van der Waals surface area contributed by atoms with Crippen molar-refractivity contribution in [2.24, 2.45) is 0 Å². The Morgan fingerprint density at radius 1 is 1.11 bits per heavy atom. The Kier molecular flexibility index (Phi) is 4.93. The SMILES string of the molecule is Clc1ccc(CCNCc2cncnc2)c(Cl)c1. The number of rotatable bonds is 5. The van der Waals surface area contributed by atoms with Gasteiger partial charge in [-0.25, -0.2) is 9.97 Å². The van der Waals surface area contributed by atoms with E-state index in [-0.39, 0.29) is 0 Å². The Labute approximate surface area is 116 Å². The average molecular weight is 282 g/mol. The van der Waals surface area contributed by atoms with E-state index in [1.54, 1.807) is 18.5 Å². The van der Waals surface area contributed by atoms with Crippen molar-refractivity contribution in [1.29, 1.82) is 0 Å². The summed E-state index contributed by atoms with van der Waals surface area (Å²) in [6.45, 7) is 1.60. The molecule has 0 bridgehead atoms. The fraction of sp³-hybridized carbons (Fsp3) is 0.231. The molecule has 0 saturated heterocycles. The zero-order chi connectivity index (χ0) is 12.8. The predicted octanol–water partition coefficient (Wildman–Crippen LogP) is 3.12. The number of hydrogen-bond donors (Lipinski definition) is 1. The first-order valence-electron chi connectivity index (χ1n) is 5.64. The fourth-order valence-corrected chi connectivity index (χ4v) is 2.10. The lowest BCUT2D eigenvalue weighted by Gasteiger charge is -2.06. The monoisotopic (exact) mass is 281 g/mol. The van der Waals surface area contributed by atoms with Gasteiger partial charge in [0.05, 0.1) is 0 Å². The topological polar surface area (TPSA) is 37.8 Å². The van der Waals surface area contributed by atoms with Gasteiger partial charge in [0.25, 0.3) is 0 Å². The molecule has 0 radical (unpaired) electrons. The summed E-state index contributed by atoms with van der Waals surface area (Å²) in [5.41, 5.74) is 2.16. The Bertz CT molecular complexity index is 503. The molecule has 2 aromatic rings. The fourth-order valence-electron chi connectivity index (χ4n) is 1.60. The van der Waals surface area contributed by atoms with Crippen LogP contribution in [0.1, 0.15) is 11.1 Å². The van der Waals surface area contributed by atoms with E-state index in [0.29, 0.717) is 10.0 Å². The van der Waals surface area contributed by atoms with Gasteiger partial charge in [0.15, 0.2) is 0 Å². The van der Waals surface area contributed by atoms with Crippen molar-refractivity contribution >= 4 is 23.2 Å². The predicted molar refractivity (Wildman–Crippen MR) is 73.9 cm³/mol. The lowest BCUT2D eigenvalue weighted by atomic mass is 10.1. The first kappa shape index (κ1) is 13.3. The van der Waals surface area contributed by atoms with Crippen LogP contribution in [0.25, 0.3) is 0 Å². The number of hydrogen-bond acceptors (Lipinski definition) is 3. The van der Waals surface area contributed by atoms with Crippen LogP contribution in [0.4, 0.5) is 0 Å². The van der Waals surface area contributed by atoms with Crippen LogP contribution in [0.5, 0.6) is 0 Å². The van der Waals surface area contributed by atoms with Crippen LogP contribution in [0.15, 0.2) is 36.9 Å². The van der Waals surface area contributed by atoms with E-state index in [0.717, 1.165) is 30.6 Å². The summed E-state index contributed by atoms with van der Waals surface area (Å²) < 4.78 is 0. The van der Waals surface area contributed by atoms with E-state index in [1.165, 1.54) is 6.33 Å². The van der Waals surface area contributed by atoms with Gasteiger partial charge in [-0.2, -0.15) is 0 Å². The normalized spacial score (nSPS) is 10.6. The van der Waals surface area contributed by atoms with Crippen LogP contribution in [-0.4, -0.2) is 16.5 Å². The van der Waals surface area contributed by atoms with Crippen LogP contribution >= 0.6 is 23.2 Å². The largest absolute Gasteiger partial charge is 0.312 e. The molecule has 0 atom stereocenters. The van der Waals surface area contributed by atoms with E-state index in [9.17, 15) is 0 Å². The number of nitrogens with one attached hydrogen (secondary N) is 1. The molecule has 1 N–H and O–H groups in total. The second-order valence-electron chi connectivity index (χ2n) is 3.91. The van der Waals surface area contributed by atoms with Crippen molar-refractivity contribution < 1.29 is 0 Å². The van der Waals surface area contributed by atoms with Crippen LogP contribution in [-0.2, 0) is 13.0 Å². The van der Waals surface area contributed by atoms with Crippen molar-refractivity contribution in [3.63, 3.8) is 0 Å². The molecule has 0 amide bonds. The number of aromatic nitrogens is 2. The lowest BCUT2D eigenvalue weighted by molar-refractivity contribution is 0.683. The van der Waals surface area contributed by atoms with Gasteiger partial charge < -0.3 is 5.32 Å². The van der Waals surface area contributed by atoms with Gasteiger partial charge in [0.1, 0.15) is 6.33 Å². The molecule has 1 aromatic carbocycles. The highest BCUT2D eigenvalue weighted by Crippen LogP contribution is 2.20. The Morgan fingerprint density at radius 3 is 2.61 bits per heavy atom. The first-order chi connectivity index (χ1) is 8.75. The quantitative estimate of drug-likeness (QED) is 0.856. The zero-order valence-electron chi connectivity index (χ0n) is 9.74. The van der Waals surface area contributed by atoms with Gasteiger partial charge in [-0.15, -0.1) is 0 Å². The molecule has 5 heteroatoms. The third kappa shape index (κ3) is 3.95. The molecule has 3 nitrogen and oxygen atoms in total. The standard InChI is InChI=1S/C13H13Cl2N3/c14-12-2-1-11(13(15)5-12)3-4-16-6-10-7-17-9-18-8-10/h1-2,5,7-9,16H,3-4,6H2. The third-order valence-corrected chi connectivity index (χ3v) is 3.12. The van der Waals surface area contributed by atoms with E-state index >= 15 is 0 Å². The van der Waals surface area contributed by atoms with Gasteiger partial charge in [0.2, 0.25) is 0 Å². The maximum atomic E-state index is 6.09. The Balaban J connectivity index is 1.79. The molecule has 2 rings (SSSR count). The van der Waals surface area contributed by atoms with Crippen molar-refractivity contribution in [1.82, 2.24) is 15.3 Å². The van der Waals surface area contributed by atoms with Crippen LogP contribution in [0.3, 0.4) is 0 Å². The van der Waals surface area contributed by atoms with E-state index in [2.05, 4.69) is 15.3 Å². The van der Waals surface area contributed by atoms with E-state index in [4.69, 9.17) is 23.2 Å². The third-order valence-electron chi connectivity index (χ3n) is 2.53. The highest BCUT2D eigenvalue weighted by atomic mass is 35.5. The van der Waals surface area contributed by atoms with Crippen LogP contribution < -0.4 is 5.32 Å². The number of benzene rings is 1. The molecule has 0 spiro atoms. The van der Waals surface area contributed by atoms with Gasteiger partial charge in [0, 0.05) is 34.5 Å². The Hall–Kier alpha value is -1.16. The Morgan fingerprint density at radius 2 is 1.89 bits per heavy atom. The molecule has 0 fully saturated rings. The lowest BCUT2D eigenvalue weighted by Crippen LogP contribution is -2.17. The minimum atomic E-state index is 0.665. The second-order valence-corrected chi connectivity index (χ2v) is 4.75. The van der Waals surface area contributed by atoms with Crippen molar-refractivity contribution in [3.8, 4) is 0 Å². The molecular formula is C13H13Cl2N3. The van der Waals surface area contributed by atoms with Gasteiger partial charge in [-0.1, -0.05) is 29.3 Å². The molecule has 0 aliphatic rings. The molecule has 1 aromatic heterocycles. The minimum Gasteiger partial charge on any atom is -0.312 e.